The van der Waals surface area contributed by atoms with E-state index in [2.05, 4.69) is 28.1 Å². The summed E-state index contributed by atoms with van der Waals surface area (Å²) in [6.45, 7) is 0.644. The SMILES string of the molecule is COc1cccc(NC(=O)NCC2(c3cccs3)CCCC2)c1OC. The van der Waals surface area contributed by atoms with Gasteiger partial charge in [0.05, 0.1) is 19.9 Å². The highest BCUT2D eigenvalue weighted by molar-refractivity contribution is 7.10. The van der Waals surface area contributed by atoms with Crippen LogP contribution in [0.1, 0.15) is 30.6 Å². The highest BCUT2D eigenvalue weighted by Gasteiger charge is 2.36. The van der Waals surface area contributed by atoms with Gasteiger partial charge in [0, 0.05) is 16.8 Å². The summed E-state index contributed by atoms with van der Waals surface area (Å²) in [6, 6.07) is 9.45. The van der Waals surface area contributed by atoms with Crippen LogP contribution in [0.25, 0.3) is 0 Å². The fourth-order valence-corrected chi connectivity index (χ4v) is 4.53. The van der Waals surface area contributed by atoms with Gasteiger partial charge in [-0.15, -0.1) is 11.3 Å². The third-order valence-corrected chi connectivity index (χ3v) is 5.96. The summed E-state index contributed by atoms with van der Waals surface area (Å²) in [6.07, 6.45) is 4.67. The van der Waals surface area contributed by atoms with Gasteiger partial charge >= 0.3 is 6.03 Å². The molecular formula is C19H24N2O3S. The second kappa shape index (κ2) is 7.78. The van der Waals surface area contributed by atoms with Gasteiger partial charge in [0.1, 0.15) is 0 Å². The smallest absolute Gasteiger partial charge is 0.319 e. The Labute approximate surface area is 152 Å². The number of benzene rings is 1. The Kier molecular flexibility index (Phi) is 5.48. The maximum atomic E-state index is 12.4. The van der Waals surface area contributed by atoms with E-state index in [1.807, 2.05) is 6.07 Å². The van der Waals surface area contributed by atoms with Gasteiger partial charge in [-0.2, -0.15) is 0 Å². The zero-order chi connectivity index (χ0) is 17.7. The Hall–Kier alpha value is -2.21. The number of methoxy groups -OCH3 is 2. The first kappa shape index (κ1) is 17.6. The van der Waals surface area contributed by atoms with E-state index in [9.17, 15) is 4.79 Å². The molecule has 1 fully saturated rings. The van der Waals surface area contributed by atoms with E-state index < -0.39 is 0 Å². The summed E-state index contributed by atoms with van der Waals surface area (Å²) >= 11 is 1.78. The van der Waals surface area contributed by atoms with Crippen LogP contribution in [0, 0.1) is 0 Å². The van der Waals surface area contributed by atoms with E-state index >= 15 is 0 Å². The number of para-hydroxylation sites is 1. The van der Waals surface area contributed by atoms with Gasteiger partial charge in [0.25, 0.3) is 0 Å². The maximum Gasteiger partial charge on any atom is 0.319 e. The standard InChI is InChI=1S/C19H24N2O3S/c1-23-15-8-5-7-14(17(15)24-2)21-18(22)20-13-19(10-3-4-11-19)16-9-6-12-25-16/h5-9,12H,3-4,10-11,13H2,1-2H3,(H2,20,21,22). The number of amides is 2. The van der Waals surface area contributed by atoms with Crippen LogP contribution in [0.15, 0.2) is 35.7 Å². The first-order chi connectivity index (χ1) is 12.2. The fraction of sp³-hybridized carbons (Fsp3) is 0.421. The fourth-order valence-electron chi connectivity index (χ4n) is 3.54. The molecule has 25 heavy (non-hydrogen) atoms. The van der Waals surface area contributed by atoms with Crippen molar-refractivity contribution in [2.45, 2.75) is 31.1 Å². The van der Waals surface area contributed by atoms with Crippen molar-refractivity contribution in [1.82, 2.24) is 5.32 Å². The minimum absolute atomic E-state index is 0.0734. The van der Waals surface area contributed by atoms with Gasteiger partial charge in [-0.05, 0) is 36.4 Å². The van der Waals surface area contributed by atoms with Gasteiger partial charge < -0.3 is 20.1 Å². The van der Waals surface area contributed by atoms with E-state index in [0.717, 1.165) is 12.8 Å². The molecule has 134 valence electrons. The second-order valence-corrected chi connectivity index (χ2v) is 7.26. The van der Waals surface area contributed by atoms with Crippen LogP contribution in [0.5, 0.6) is 11.5 Å². The van der Waals surface area contributed by atoms with Gasteiger partial charge in [0.2, 0.25) is 0 Å². The van der Waals surface area contributed by atoms with E-state index in [1.54, 1.807) is 37.7 Å². The second-order valence-electron chi connectivity index (χ2n) is 6.31. The molecule has 1 aliphatic carbocycles. The first-order valence-corrected chi connectivity index (χ1v) is 9.36. The number of hydrogen-bond donors (Lipinski definition) is 2. The minimum atomic E-state index is -0.227. The Balaban J connectivity index is 1.67. The maximum absolute atomic E-state index is 12.4. The largest absolute Gasteiger partial charge is 0.493 e. The average Bonchev–Trinajstić information content (AvgIpc) is 3.32. The van der Waals surface area contributed by atoms with Gasteiger partial charge in [0.15, 0.2) is 11.5 Å². The number of carbonyl (C=O) groups is 1. The summed E-state index contributed by atoms with van der Waals surface area (Å²) in [4.78, 5) is 13.8. The topological polar surface area (TPSA) is 59.6 Å². The van der Waals surface area contributed by atoms with Crippen molar-refractivity contribution in [3.05, 3.63) is 40.6 Å². The molecule has 0 bridgehead atoms. The molecule has 5 nitrogen and oxygen atoms in total. The Morgan fingerprint density at radius 1 is 1.16 bits per heavy atom. The molecule has 0 spiro atoms. The van der Waals surface area contributed by atoms with E-state index in [1.165, 1.54) is 17.7 Å². The Morgan fingerprint density at radius 2 is 1.96 bits per heavy atom. The summed E-state index contributed by atoms with van der Waals surface area (Å²) in [7, 11) is 3.14. The molecule has 1 aliphatic rings. The number of anilines is 1. The van der Waals surface area contributed by atoms with Crippen molar-refractivity contribution < 1.29 is 14.3 Å². The van der Waals surface area contributed by atoms with Gasteiger partial charge in [-0.25, -0.2) is 4.79 Å². The summed E-state index contributed by atoms with van der Waals surface area (Å²) < 4.78 is 10.6. The lowest BCUT2D eigenvalue weighted by Crippen LogP contribution is -2.40. The molecule has 2 N–H and O–H groups in total. The van der Waals surface area contributed by atoms with Crippen LogP contribution < -0.4 is 20.1 Å². The highest BCUT2D eigenvalue weighted by Crippen LogP contribution is 2.42. The minimum Gasteiger partial charge on any atom is -0.493 e. The number of carbonyl (C=O) groups excluding carboxylic acids is 1. The van der Waals surface area contributed by atoms with E-state index in [4.69, 9.17) is 9.47 Å². The molecule has 1 saturated carbocycles. The molecule has 0 atom stereocenters. The third-order valence-electron chi connectivity index (χ3n) is 4.84. The Bertz CT molecular complexity index is 709. The lowest BCUT2D eigenvalue weighted by molar-refractivity contribution is 0.248. The Morgan fingerprint density at radius 3 is 2.60 bits per heavy atom. The van der Waals surface area contributed by atoms with Crippen LogP contribution in [0.3, 0.4) is 0 Å². The molecular weight excluding hydrogens is 336 g/mol. The molecule has 3 rings (SSSR count). The first-order valence-electron chi connectivity index (χ1n) is 8.48. The van der Waals surface area contributed by atoms with Crippen molar-refractivity contribution in [2.75, 3.05) is 26.1 Å². The zero-order valence-corrected chi connectivity index (χ0v) is 15.4. The van der Waals surface area contributed by atoms with Crippen LogP contribution in [0.2, 0.25) is 0 Å². The van der Waals surface area contributed by atoms with Crippen molar-refractivity contribution in [3.63, 3.8) is 0 Å². The van der Waals surface area contributed by atoms with Crippen LogP contribution in [0.4, 0.5) is 10.5 Å². The molecule has 0 unspecified atom stereocenters. The molecule has 1 heterocycles. The highest BCUT2D eigenvalue weighted by atomic mass is 32.1. The lowest BCUT2D eigenvalue weighted by atomic mass is 9.84. The van der Waals surface area contributed by atoms with Crippen LogP contribution in [-0.4, -0.2) is 26.8 Å². The van der Waals surface area contributed by atoms with Crippen LogP contribution in [-0.2, 0) is 5.41 Å². The molecule has 6 heteroatoms. The summed E-state index contributed by atoms with van der Waals surface area (Å²) in [5.74, 6) is 1.11. The van der Waals surface area contributed by atoms with Crippen LogP contribution >= 0.6 is 11.3 Å². The lowest BCUT2D eigenvalue weighted by Gasteiger charge is -2.28. The quantitative estimate of drug-likeness (QED) is 0.803. The molecule has 0 radical (unpaired) electrons. The molecule has 0 aliphatic heterocycles. The normalized spacial score (nSPS) is 15.6. The predicted octanol–water partition coefficient (Wildman–Crippen LogP) is 4.40. The van der Waals surface area contributed by atoms with Gasteiger partial charge in [-0.3, -0.25) is 0 Å². The molecule has 2 amide bonds. The molecule has 0 saturated heterocycles. The average molecular weight is 360 g/mol. The number of nitrogens with one attached hydrogen (secondary N) is 2. The monoisotopic (exact) mass is 360 g/mol. The summed E-state index contributed by atoms with van der Waals surface area (Å²) in [5, 5.41) is 8.03. The number of thiophene rings is 1. The van der Waals surface area contributed by atoms with Crippen molar-refractivity contribution in [3.8, 4) is 11.5 Å². The summed E-state index contributed by atoms with van der Waals surface area (Å²) in [5.41, 5.74) is 0.667. The zero-order valence-electron chi connectivity index (χ0n) is 14.6. The third kappa shape index (κ3) is 3.74. The predicted molar refractivity (Wildman–Crippen MR) is 101 cm³/mol. The molecule has 1 aromatic carbocycles. The number of urea groups is 1. The van der Waals surface area contributed by atoms with Crippen molar-refractivity contribution in [2.24, 2.45) is 0 Å². The number of ether oxygens (including phenoxy) is 2. The molecule has 2 aromatic rings. The van der Waals surface area contributed by atoms with E-state index in [0.29, 0.717) is 23.7 Å². The van der Waals surface area contributed by atoms with Gasteiger partial charge in [-0.1, -0.05) is 25.0 Å². The van der Waals surface area contributed by atoms with Crippen molar-refractivity contribution >= 4 is 23.1 Å². The molecule has 1 aromatic heterocycles. The van der Waals surface area contributed by atoms with E-state index in [-0.39, 0.29) is 11.4 Å². The van der Waals surface area contributed by atoms with Crippen molar-refractivity contribution in [1.29, 1.82) is 0 Å². The number of rotatable bonds is 6. The number of hydrogen-bond acceptors (Lipinski definition) is 4.